The lowest BCUT2D eigenvalue weighted by atomic mass is 10.0. The zero-order valence-corrected chi connectivity index (χ0v) is 17.5. The molecule has 1 fully saturated rings. The molecule has 0 spiro atoms. The molecule has 0 aliphatic carbocycles. The van der Waals surface area contributed by atoms with Crippen molar-refractivity contribution in [2.45, 2.75) is 20.8 Å². The molecule has 3 rings (SSSR count). The first-order valence-corrected chi connectivity index (χ1v) is 8.71. The van der Waals surface area contributed by atoms with Gasteiger partial charge in [-0.05, 0) is 26.3 Å². The average Bonchev–Trinajstić information content (AvgIpc) is 2.85. The van der Waals surface area contributed by atoms with Crippen LogP contribution in [0.4, 0.5) is 0 Å². The molecule has 1 aliphatic heterocycles. The highest BCUT2D eigenvalue weighted by atomic mass is 35.5. The van der Waals surface area contributed by atoms with Crippen molar-refractivity contribution in [3.63, 3.8) is 0 Å². The van der Waals surface area contributed by atoms with Crippen molar-refractivity contribution in [2.75, 3.05) is 19.6 Å². The number of carbonyl (C=O) groups is 1. The lowest BCUT2D eigenvalue weighted by Gasteiger charge is -2.26. The van der Waals surface area contributed by atoms with E-state index in [-0.39, 0.29) is 36.3 Å². The van der Waals surface area contributed by atoms with Crippen LogP contribution >= 0.6 is 36.2 Å². The Kier molecular flexibility index (Phi) is 7.76. The van der Waals surface area contributed by atoms with E-state index in [0.29, 0.717) is 33.6 Å². The zero-order valence-electron chi connectivity index (χ0n) is 15.1. The number of nitrogens with zero attached hydrogens (tertiary/aromatic N) is 3. The van der Waals surface area contributed by atoms with Crippen LogP contribution in [-0.2, 0) is 7.05 Å². The van der Waals surface area contributed by atoms with E-state index >= 15 is 0 Å². The summed E-state index contributed by atoms with van der Waals surface area (Å²) in [5.74, 6) is 0.377. The third kappa shape index (κ3) is 4.25. The summed E-state index contributed by atoms with van der Waals surface area (Å²) in [6, 6.07) is 0. The topological polar surface area (TPSA) is 88.9 Å². The third-order valence-corrected chi connectivity index (χ3v) is 5.53. The molecular formula is C16H23Cl2N5O2S. The van der Waals surface area contributed by atoms with Crippen LogP contribution in [0, 0.1) is 26.7 Å². The SMILES string of the molecule is Cc1nc(-c2c(C)c(C)nn(C)c2=O)sc1C(=O)NCC1CNC1.Cl.Cl. The number of nitrogens with one attached hydrogen (secondary N) is 2. The van der Waals surface area contributed by atoms with Crippen LogP contribution in [0.1, 0.15) is 26.6 Å². The number of hydrogen-bond acceptors (Lipinski definition) is 6. The number of aryl methyl sites for hydroxylation is 3. The Morgan fingerprint density at radius 2 is 1.92 bits per heavy atom. The minimum Gasteiger partial charge on any atom is -0.351 e. The van der Waals surface area contributed by atoms with E-state index in [1.165, 1.54) is 16.0 Å². The number of amides is 1. The Labute approximate surface area is 168 Å². The fourth-order valence-electron chi connectivity index (χ4n) is 2.62. The molecule has 0 saturated carbocycles. The van der Waals surface area contributed by atoms with Crippen LogP contribution in [0.5, 0.6) is 0 Å². The molecule has 0 unspecified atom stereocenters. The first kappa shape index (κ1) is 22.6. The van der Waals surface area contributed by atoms with E-state index in [4.69, 9.17) is 0 Å². The summed E-state index contributed by atoms with van der Waals surface area (Å²) in [6.45, 7) is 8.07. The van der Waals surface area contributed by atoms with E-state index in [1.54, 1.807) is 14.0 Å². The monoisotopic (exact) mass is 419 g/mol. The van der Waals surface area contributed by atoms with Crippen LogP contribution in [0.2, 0.25) is 0 Å². The predicted octanol–water partition coefficient (Wildman–Crippen LogP) is 1.62. The van der Waals surface area contributed by atoms with Gasteiger partial charge in [0.15, 0.2) is 0 Å². The molecule has 2 aromatic rings. The third-order valence-electron chi connectivity index (χ3n) is 4.36. The van der Waals surface area contributed by atoms with Crippen molar-refractivity contribution >= 4 is 42.1 Å². The number of thiazole rings is 1. The van der Waals surface area contributed by atoms with Gasteiger partial charge in [-0.2, -0.15) is 5.10 Å². The molecule has 10 heteroatoms. The zero-order chi connectivity index (χ0) is 17.4. The standard InChI is InChI=1S/C16H21N5O2S.2ClH/c1-8-9(2)20-21(4)16(23)12(8)15-19-10(3)13(24-15)14(22)18-7-11-5-17-6-11;;/h11,17H,5-7H2,1-4H3,(H,18,22);2*1H. The molecule has 1 aliphatic rings. The Morgan fingerprint density at radius 3 is 2.50 bits per heavy atom. The second-order valence-electron chi connectivity index (χ2n) is 6.18. The molecule has 2 aromatic heterocycles. The van der Waals surface area contributed by atoms with Crippen LogP contribution in [-0.4, -0.2) is 40.3 Å². The first-order chi connectivity index (χ1) is 11.4. The minimum atomic E-state index is -0.195. The van der Waals surface area contributed by atoms with E-state index in [1.807, 2.05) is 13.8 Å². The van der Waals surface area contributed by atoms with E-state index < -0.39 is 0 Å². The minimum absolute atomic E-state index is 0. The van der Waals surface area contributed by atoms with E-state index in [2.05, 4.69) is 20.7 Å². The van der Waals surface area contributed by atoms with Gasteiger partial charge < -0.3 is 10.6 Å². The van der Waals surface area contributed by atoms with E-state index in [9.17, 15) is 9.59 Å². The van der Waals surface area contributed by atoms with Crippen LogP contribution in [0.25, 0.3) is 10.6 Å². The van der Waals surface area contributed by atoms with Crippen molar-refractivity contribution in [2.24, 2.45) is 13.0 Å². The highest BCUT2D eigenvalue weighted by molar-refractivity contribution is 7.17. The lowest BCUT2D eigenvalue weighted by molar-refractivity contribution is 0.0945. The smallest absolute Gasteiger partial charge is 0.277 e. The number of hydrogen-bond donors (Lipinski definition) is 2. The van der Waals surface area contributed by atoms with Crippen molar-refractivity contribution in [3.8, 4) is 10.6 Å². The highest BCUT2D eigenvalue weighted by Gasteiger charge is 2.22. The summed E-state index contributed by atoms with van der Waals surface area (Å²) in [6.07, 6.45) is 0. The van der Waals surface area contributed by atoms with E-state index in [0.717, 1.165) is 24.3 Å². The van der Waals surface area contributed by atoms with Gasteiger partial charge in [-0.1, -0.05) is 0 Å². The summed E-state index contributed by atoms with van der Waals surface area (Å²) in [5.41, 5.74) is 2.57. The summed E-state index contributed by atoms with van der Waals surface area (Å²) < 4.78 is 1.32. The summed E-state index contributed by atoms with van der Waals surface area (Å²) >= 11 is 1.26. The number of aromatic nitrogens is 3. The quantitative estimate of drug-likeness (QED) is 0.785. The van der Waals surface area contributed by atoms with Gasteiger partial charge in [0.1, 0.15) is 9.88 Å². The molecule has 7 nitrogen and oxygen atoms in total. The Hall–Kier alpha value is -1.48. The summed E-state index contributed by atoms with van der Waals surface area (Å²) in [7, 11) is 1.62. The molecule has 0 atom stereocenters. The molecular weight excluding hydrogens is 397 g/mol. The molecule has 0 aromatic carbocycles. The van der Waals surface area contributed by atoms with Gasteiger partial charge in [0, 0.05) is 32.6 Å². The van der Waals surface area contributed by atoms with Gasteiger partial charge >= 0.3 is 0 Å². The second kappa shape index (κ2) is 8.94. The van der Waals surface area contributed by atoms with Crippen LogP contribution in [0.15, 0.2) is 4.79 Å². The molecule has 0 radical (unpaired) electrons. The first-order valence-electron chi connectivity index (χ1n) is 7.89. The maximum atomic E-state index is 12.5. The normalized spacial score (nSPS) is 13.4. The number of carbonyl (C=O) groups excluding carboxylic acids is 1. The number of rotatable bonds is 4. The van der Waals surface area contributed by atoms with Gasteiger partial charge in [-0.15, -0.1) is 36.2 Å². The van der Waals surface area contributed by atoms with Crippen molar-refractivity contribution in [1.82, 2.24) is 25.4 Å². The van der Waals surface area contributed by atoms with Crippen LogP contribution in [0.3, 0.4) is 0 Å². The Balaban J connectivity index is 0.00000169. The molecule has 26 heavy (non-hydrogen) atoms. The van der Waals surface area contributed by atoms with Crippen LogP contribution < -0.4 is 16.2 Å². The fraction of sp³-hybridized carbons (Fsp3) is 0.500. The molecule has 144 valence electrons. The largest absolute Gasteiger partial charge is 0.351 e. The molecule has 3 heterocycles. The second-order valence-corrected chi connectivity index (χ2v) is 7.18. The van der Waals surface area contributed by atoms with Crippen molar-refractivity contribution in [3.05, 3.63) is 32.2 Å². The summed E-state index contributed by atoms with van der Waals surface area (Å²) in [4.78, 5) is 29.9. The lowest BCUT2D eigenvalue weighted by Crippen LogP contribution is -2.48. The fourth-order valence-corrected chi connectivity index (χ4v) is 3.70. The summed E-state index contributed by atoms with van der Waals surface area (Å²) in [5, 5.41) is 10.9. The van der Waals surface area contributed by atoms with Gasteiger partial charge in [-0.3, -0.25) is 9.59 Å². The predicted molar refractivity (Wildman–Crippen MR) is 108 cm³/mol. The van der Waals surface area contributed by atoms with Gasteiger partial charge in [-0.25, -0.2) is 9.67 Å². The molecule has 0 bridgehead atoms. The Bertz CT molecular complexity index is 861. The molecule has 2 N–H and O–H groups in total. The van der Waals surface area contributed by atoms with Crippen molar-refractivity contribution in [1.29, 1.82) is 0 Å². The Morgan fingerprint density at radius 1 is 1.27 bits per heavy atom. The average molecular weight is 420 g/mol. The maximum Gasteiger partial charge on any atom is 0.277 e. The maximum absolute atomic E-state index is 12.5. The van der Waals surface area contributed by atoms with Gasteiger partial charge in [0.25, 0.3) is 11.5 Å². The van der Waals surface area contributed by atoms with Crippen molar-refractivity contribution < 1.29 is 4.79 Å². The number of halogens is 2. The highest BCUT2D eigenvalue weighted by Crippen LogP contribution is 2.28. The van der Waals surface area contributed by atoms with Gasteiger partial charge in [0.2, 0.25) is 0 Å². The molecule has 1 amide bonds. The van der Waals surface area contributed by atoms with Gasteiger partial charge in [0.05, 0.1) is 17.0 Å². The molecule has 1 saturated heterocycles.